The van der Waals surface area contributed by atoms with Crippen LogP contribution in [0.2, 0.25) is 0 Å². The topological polar surface area (TPSA) is 52.6 Å². The Hall–Kier alpha value is -1.53. The molecule has 0 aliphatic rings. The van der Waals surface area contributed by atoms with Crippen LogP contribution < -0.4 is 0 Å². The number of esters is 2. The Morgan fingerprint density at radius 3 is 2.11 bits per heavy atom. The van der Waals surface area contributed by atoms with Crippen molar-refractivity contribution in [3.05, 3.63) is 12.2 Å². The summed E-state index contributed by atoms with van der Waals surface area (Å²) in [7, 11) is 0. The molecule has 0 heterocycles. The van der Waals surface area contributed by atoms with E-state index in [4.69, 9.17) is 4.74 Å². The first kappa shape index (κ1) is 17.5. The summed E-state index contributed by atoms with van der Waals surface area (Å²) in [6.07, 6.45) is -1.65. The maximum Gasteiger partial charge on any atom is 0.422 e. The van der Waals surface area contributed by atoms with Crippen LogP contribution in [0.3, 0.4) is 0 Å². The quantitative estimate of drug-likeness (QED) is 0.409. The van der Waals surface area contributed by atoms with Gasteiger partial charge in [0.15, 0.2) is 6.61 Å². The molecule has 19 heavy (non-hydrogen) atoms. The molecule has 0 radical (unpaired) electrons. The third kappa shape index (κ3) is 12.7. The van der Waals surface area contributed by atoms with Gasteiger partial charge in [-0.2, -0.15) is 13.2 Å². The van der Waals surface area contributed by atoms with E-state index in [0.29, 0.717) is 18.4 Å². The number of halogens is 3. The van der Waals surface area contributed by atoms with E-state index in [2.05, 4.69) is 4.74 Å². The highest BCUT2D eigenvalue weighted by molar-refractivity contribution is 5.91. The van der Waals surface area contributed by atoms with Gasteiger partial charge in [-0.1, -0.05) is 13.8 Å². The average molecular weight is 282 g/mol. The van der Waals surface area contributed by atoms with Crippen molar-refractivity contribution >= 4 is 11.9 Å². The van der Waals surface area contributed by atoms with E-state index in [0.717, 1.165) is 12.5 Å². The number of hydrogen-bond donors (Lipinski definition) is 0. The van der Waals surface area contributed by atoms with Crippen LogP contribution in [-0.4, -0.2) is 31.3 Å². The molecule has 0 N–H and O–H groups in total. The van der Waals surface area contributed by atoms with Crippen molar-refractivity contribution in [1.82, 2.24) is 0 Å². The second-order valence-corrected chi connectivity index (χ2v) is 4.26. The highest BCUT2D eigenvalue weighted by atomic mass is 19.4. The number of hydrogen-bond acceptors (Lipinski definition) is 4. The maximum atomic E-state index is 11.7. The van der Waals surface area contributed by atoms with Gasteiger partial charge < -0.3 is 9.47 Å². The summed E-state index contributed by atoms with van der Waals surface area (Å²) in [4.78, 5) is 21.9. The van der Waals surface area contributed by atoms with E-state index in [1.54, 1.807) is 0 Å². The monoisotopic (exact) mass is 282 g/mol. The van der Waals surface area contributed by atoms with Crippen LogP contribution in [0.5, 0.6) is 0 Å². The van der Waals surface area contributed by atoms with E-state index in [1.807, 2.05) is 13.8 Å². The van der Waals surface area contributed by atoms with E-state index in [9.17, 15) is 22.8 Å². The van der Waals surface area contributed by atoms with Gasteiger partial charge in [0.1, 0.15) is 0 Å². The fraction of sp³-hybridized carbons (Fsp3) is 0.667. The smallest absolute Gasteiger partial charge is 0.422 e. The van der Waals surface area contributed by atoms with Gasteiger partial charge in [0.2, 0.25) is 0 Å². The molecule has 0 saturated heterocycles. The molecule has 0 rings (SSSR count). The molecule has 0 fully saturated rings. The lowest BCUT2D eigenvalue weighted by Gasteiger charge is -2.05. The summed E-state index contributed by atoms with van der Waals surface area (Å²) in [5.74, 6) is -1.53. The Labute approximate surface area is 109 Å². The van der Waals surface area contributed by atoms with Crippen LogP contribution in [0, 0.1) is 5.92 Å². The van der Waals surface area contributed by atoms with E-state index in [-0.39, 0.29) is 6.61 Å². The second-order valence-electron chi connectivity index (χ2n) is 4.26. The summed E-state index contributed by atoms with van der Waals surface area (Å²) in [6.45, 7) is 2.58. The van der Waals surface area contributed by atoms with E-state index >= 15 is 0 Å². The fourth-order valence-electron chi connectivity index (χ4n) is 1.05. The molecule has 0 aromatic rings. The first-order valence-electron chi connectivity index (χ1n) is 5.79. The summed E-state index contributed by atoms with van der Waals surface area (Å²) in [6, 6.07) is 0. The van der Waals surface area contributed by atoms with E-state index in [1.165, 1.54) is 0 Å². The molecule has 7 heteroatoms. The van der Waals surface area contributed by atoms with E-state index < -0.39 is 24.7 Å². The Morgan fingerprint density at radius 1 is 1.11 bits per heavy atom. The fourth-order valence-corrected chi connectivity index (χ4v) is 1.05. The minimum atomic E-state index is -4.58. The Kier molecular flexibility index (Phi) is 7.86. The second kappa shape index (κ2) is 8.55. The van der Waals surface area contributed by atoms with Crippen LogP contribution in [0.25, 0.3) is 0 Å². The summed E-state index contributed by atoms with van der Waals surface area (Å²) in [5.41, 5.74) is 0. The normalized spacial score (nSPS) is 11.9. The highest BCUT2D eigenvalue weighted by Gasteiger charge is 2.29. The Morgan fingerprint density at radius 2 is 1.63 bits per heavy atom. The van der Waals surface area contributed by atoms with Crippen LogP contribution in [0.1, 0.15) is 26.7 Å². The highest BCUT2D eigenvalue weighted by Crippen LogP contribution is 2.14. The number of ether oxygens (including phenoxy) is 2. The van der Waals surface area contributed by atoms with Gasteiger partial charge in [0.25, 0.3) is 0 Å². The van der Waals surface area contributed by atoms with Gasteiger partial charge in [-0.25, -0.2) is 9.59 Å². The minimum Gasteiger partial charge on any atom is -0.463 e. The van der Waals surface area contributed by atoms with Crippen molar-refractivity contribution in [3.8, 4) is 0 Å². The molecule has 0 aromatic carbocycles. The summed E-state index contributed by atoms with van der Waals surface area (Å²) >= 11 is 0. The zero-order valence-corrected chi connectivity index (χ0v) is 10.8. The standard InChI is InChI=1S/C12H17F3O4/c1-9(2)4-3-7-18-10(16)5-6-11(17)19-8-12(13,14)15/h5-6,9H,3-4,7-8H2,1-2H3/b6-5+. The van der Waals surface area contributed by atoms with Crippen molar-refractivity contribution in [3.63, 3.8) is 0 Å². The predicted octanol–water partition coefficient (Wildman–Crippen LogP) is 2.63. The SMILES string of the molecule is CC(C)CCCOC(=O)/C=C/C(=O)OCC(F)(F)F. The van der Waals surface area contributed by atoms with Crippen LogP contribution in [0.4, 0.5) is 13.2 Å². The molecule has 0 aliphatic carbocycles. The zero-order valence-electron chi connectivity index (χ0n) is 10.8. The third-order valence-corrected chi connectivity index (χ3v) is 1.90. The average Bonchev–Trinajstić information content (AvgIpc) is 2.28. The predicted molar refractivity (Wildman–Crippen MR) is 61.2 cm³/mol. The lowest BCUT2D eigenvalue weighted by Crippen LogP contribution is -2.19. The number of rotatable bonds is 7. The molecular formula is C12H17F3O4. The van der Waals surface area contributed by atoms with Gasteiger partial charge in [-0.3, -0.25) is 0 Å². The van der Waals surface area contributed by atoms with Gasteiger partial charge >= 0.3 is 18.1 Å². The summed E-state index contributed by atoms with van der Waals surface area (Å²) < 4.78 is 43.7. The number of alkyl halides is 3. The maximum absolute atomic E-state index is 11.7. The first-order valence-corrected chi connectivity index (χ1v) is 5.79. The molecule has 110 valence electrons. The molecule has 0 amide bonds. The third-order valence-electron chi connectivity index (χ3n) is 1.90. The number of carbonyl (C=O) groups is 2. The van der Waals surface area contributed by atoms with Crippen LogP contribution in [0.15, 0.2) is 12.2 Å². The van der Waals surface area contributed by atoms with Crippen LogP contribution in [-0.2, 0) is 19.1 Å². The lowest BCUT2D eigenvalue weighted by molar-refractivity contribution is -0.182. The molecule has 0 unspecified atom stereocenters. The molecule has 0 aromatic heterocycles. The van der Waals surface area contributed by atoms with Crippen molar-refractivity contribution in [2.75, 3.05) is 13.2 Å². The molecule has 0 spiro atoms. The molecular weight excluding hydrogens is 265 g/mol. The minimum absolute atomic E-state index is 0.207. The van der Waals surface area contributed by atoms with Crippen molar-refractivity contribution in [2.45, 2.75) is 32.9 Å². The molecule has 0 atom stereocenters. The van der Waals surface area contributed by atoms with Gasteiger partial charge in [-0.15, -0.1) is 0 Å². The molecule has 0 aliphatic heterocycles. The first-order chi connectivity index (χ1) is 8.70. The van der Waals surface area contributed by atoms with Crippen molar-refractivity contribution in [2.24, 2.45) is 5.92 Å². The van der Waals surface area contributed by atoms with Crippen molar-refractivity contribution in [1.29, 1.82) is 0 Å². The van der Waals surface area contributed by atoms with Crippen molar-refractivity contribution < 1.29 is 32.2 Å². The Bertz CT molecular complexity index is 321. The van der Waals surface area contributed by atoms with Gasteiger partial charge in [0.05, 0.1) is 6.61 Å². The van der Waals surface area contributed by atoms with Gasteiger partial charge in [-0.05, 0) is 18.8 Å². The lowest BCUT2D eigenvalue weighted by atomic mass is 10.1. The molecule has 0 bridgehead atoms. The molecule has 0 saturated carbocycles. The molecule has 4 nitrogen and oxygen atoms in total. The zero-order chi connectivity index (χ0) is 14.9. The number of carbonyl (C=O) groups excluding carboxylic acids is 2. The summed E-state index contributed by atoms with van der Waals surface area (Å²) in [5, 5.41) is 0. The largest absolute Gasteiger partial charge is 0.463 e. The van der Waals surface area contributed by atoms with Gasteiger partial charge in [0, 0.05) is 12.2 Å². The Balaban J connectivity index is 3.79. The van der Waals surface area contributed by atoms with Crippen LogP contribution >= 0.6 is 0 Å².